The molecule has 1 atom stereocenters. The summed E-state index contributed by atoms with van der Waals surface area (Å²) < 4.78 is 13.8. The molecule has 0 aromatic heterocycles. The van der Waals surface area contributed by atoms with E-state index in [9.17, 15) is 9.18 Å². The first-order valence-corrected chi connectivity index (χ1v) is 7.19. The summed E-state index contributed by atoms with van der Waals surface area (Å²) in [4.78, 5) is 13.0. The Morgan fingerprint density at radius 3 is 2.57 bits per heavy atom. The quantitative estimate of drug-likeness (QED) is 0.774. The summed E-state index contributed by atoms with van der Waals surface area (Å²) in [6.07, 6.45) is 0.985. The molecule has 118 valence electrons. The molecular weight excluding hydrogens is 271 g/mol. The molecule has 0 aliphatic rings. The van der Waals surface area contributed by atoms with Gasteiger partial charge in [0.15, 0.2) is 0 Å². The summed E-state index contributed by atoms with van der Waals surface area (Å²) in [5, 5.41) is 12.3. The lowest BCUT2D eigenvalue weighted by Gasteiger charge is -2.24. The molecule has 0 bridgehead atoms. The summed E-state index contributed by atoms with van der Waals surface area (Å²) in [5.41, 5.74) is 0.503. The van der Waals surface area contributed by atoms with Crippen molar-refractivity contribution < 1.29 is 14.3 Å². The normalized spacial score (nSPS) is 12.9. The van der Waals surface area contributed by atoms with Crippen LogP contribution in [0.4, 0.5) is 4.39 Å². The molecule has 0 aliphatic heterocycles. The van der Waals surface area contributed by atoms with Gasteiger partial charge in [-0.1, -0.05) is 13.8 Å². The maximum atomic E-state index is 13.8. The Morgan fingerprint density at radius 2 is 2.05 bits per heavy atom. The van der Waals surface area contributed by atoms with Gasteiger partial charge >= 0.3 is 5.97 Å². The third-order valence-corrected chi connectivity index (χ3v) is 3.22. The Kier molecular flexibility index (Phi) is 6.78. The molecule has 0 radical (unpaired) electrons. The molecule has 1 aromatic rings. The number of benzene rings is 1. The Morgan fingerprint density at radius 1 is 1.38 bits per heavy atom. The molecule has 21 heavy (non-hydrogen) atoms. The Bertz CT molecular complexity index is 465. The zero-order valence-corrected chi connectivity index (χ0v) is 13.2. The zero-order chi connectivity index (χ0) is 16.0. The second-order valence-corrected chi connectivity index (χ2v) is 6.08. The van der Waals surface area contributed by atoms with Gasteiger partial charge in [-0.05, 0) is 44.6 Å². The fourth-order valence-corrected chi connectivity index (χ4v) is 2.33. The van der Waals surface area contributed by atoms with Crippen LogP contribution in [0.1, 0.15) is 36.2 Å². The predicted molar refractivity (Wildman–Crippen MR) is 82.0 cm³/mol. The molecule has 0 amide bonds. The number of carbonyl (C=O) groups is 1. The predicted octanol–water partition coefficient (Wildman–Crippen LogP) is 2.59. The third kappa shape index (κ3) is 6.23. The van der Waals surface area contributed by atoms with E-state index in [1.54, 1.807) is 0 Å². The Balaban J connectivity index is 2.74. The molecule has 1 unspecified atom stereocenters. The van der Waals surface area contributed by atoms with Crippen LogP contribution >= 0.6 is 0 Å². The highest BCUT2D eigenvalue weighted by molar-refractivity contribution is 5.87. The maximum Gasteiger partial charge on any atom is 0.335 e. The smallest absolute Gasteiger partial charge is 0.335 e. The van der Waals surface area contributed by atoms with E-state index in [4.69, 9.17) is 5.11 Å². The minimum Gasteiger partial charge on any atom is -0.478 e. The van der Waals surface area contributed by atoms with Crippen LogP contribution in [0, 0.1) is 11.7 Å². The molecule has 0 heterocycles. The first-order chi connectivity index (χ1) is 9.79. The summed E-state index contributed by atoms with van der Waals surface area (Å²) >= 11 is 0. The summed E-state index contributed by atoms with van der Waals surface area (Å²) in [6.45, 7) is 5.49. The van der Waals surface area contributed by atoms with Gasteiger partial charge in [-0.15, -0.1) is 0 Å². The number of aromatic carboxylic acids is 1. The second-order valence-electron chi connectivity index (χ2n) is 6.08. The van der Waals surface area contributed by atoms with Crippen molar-refractivity contribution in [3.05, 3.63) is 35.1 Å². The molecular formula is C16H25FN2O2. The van der Waals surface area contributed by atoms with Gasteiger partial charge in [-0.25, -0.2) is 9.18 Å². The first kappa shape index (κ1) is 17.6. The average molecular weight is 296 g/mol. The van der Waals surface area contributed by atoms with Crippen LogP contribution in [0.25, 0.3) is 0 Å². The van der Waals surface area contributed by atoms with E-state index in [2.05, 4.69) is 24.1 Å². The van der Waals surface area contributed by atoms with Gasteiger partial charge in [0.2, 0.25) is 0 Å². The van der Waals surface area contributed by atoms with Crippen LogP contribution < -0.4 is 5.32 Å². The fraction of sp³-hybridized carbons (Fsp3) is 0.562. The molecule has 0 spiro atoms. The molecule has 0 saturated carbocycles. The van der Waals surface area contributed by atoms with Crippen LogP contribution in [0.2, 0.25) is 0 Å². The minimum absolute atomic E-state index is 0.112. The number of carboxylic acids is 1. The number of hydrogen-bond acceptors (Lipinski definition) is 3. The van der Waals surface area contributed by atoms with Gasteiger partial charge in [-0.2, -0.15) is 0 Å². The summed E-state index contributed by atoms with van der Waals surface area (Å²) in [6, 6.07) is 4.14. The highest BCUT2D eigenvalue weighted by atomic mass is 19.1. The minimum atomic E-state index is -1.04. The SMILES string of the molecule is CC(C)CC(CN(C)C)NCc1cc(C(=O)O)ccc1F. The molecule has 0 saturated heterocycles. The van der Waals surface area contributed by atoms with Gasteiger partial charge < -0.3 is 15.3 Å². The van der Waals surface area contributed by atoms with Crippen molar-refractivity contribution in [3.63, 3.8) is 0 Å². The Labute approximate surface area is 126 Å². The highest BCUT2D eigenvalue weighted by Crippen LogP contribution is 2.12. The number of rotatable bonds is 8. The van der Waals surface area contributed by atoms with Crippen molar-refractivity contribution in [2.24, 2.45) is 5.92 Å². The van der Waals surface area contributed by atoms with Crippen molar-refractivity contribution in [1.29, 1.82) is 0 Å². The number of likely N-dealkylation sites (N-methyl/N-ethyl adjacent to an activating group) is 1. The van der Waals surface area contributed by atoms with Gasteiger partial charge in [0, 0.05) is 24.7 Å². The first-order valence-electron chi connectivity index (χ1n) is 7.19. The number of halogens is 1. The molecule has 1 aromatic carbocycles. The third-order valence-electron chi connectivity index (χ3n) is 3.22. The zero-order valence-electron chi connectivity index (χ0n) is 13.2. The van der Waals surface area contributed by atoms with E-state index >= 15 is 0 Å². The summed E-state index contributed by atoms with van der Waals surface area (Å²) in [5.74, 6) is -0.874. The standard InChI is InChI=1S/C16H25FN2O2/c1-11(2)7-14(10-19(3)4)18-9-13-8-12(16(20)21)5-6-15(13)17/h5-6,8,11,14,18H,7,9-10H2,1-4H3,(H,20,21). The Hall–Kier alpha value is -1.46. The lowest BCUT2D eigenvalue weighted by molar-refractivity contribution is 0.0696. The van der Waals surface area contributed by atoms with Gasteiger partial charge in [0.1, 0.15) is 5.82 Å². The molecule has 1 rings (SSSR count). The van der Waals surface area contributed by atoms with Gasteiger partial charge in [-0.3, -0.25) is 0 Å². The van der Waals surface area contributed by atoms with Crippen LogP contribution in [0.3, 0.4) is 0 Å². The van der Waals surface area contributed by atoms with Crippen LogP contribution in [0.15, 0.2) is 18.2 Å². The lowest BCUT2D eigenvalue weighted by Crippen LogP contribution is -2.39. The van der Waals surface area contributed by atoms with E-state index in [1.807, 2.05) is 14.1 Å². The molecule has 0 aliphatic carbocycles. The van der Waals surface area contributed by atoms with Crippen molar-refractivity contribution in [3.8, 4) is 0 Å². The fourth-order valence-electron chi connectivity index (χ4n) is 2.33. The maximum absolute atomic E-state index is 13.8. The van der Waals surface area contributed by atoms with Crippen LogP contribution in [-0.4, -0.2) is 42.7 Å². The van der Waals surface area contributed by atoms with Crippen molar-refractivity contribution in [2.45, 2.75) is 32.9 Å². The van der Waals surface area contributed by atoms with Crippen LogP contribution in [-0.2, 0) is 6.54 Å². The monoisotopic (exact) mass is 296 g/mol. The number of nitrogens with one attached hydrogen (secondary N) is 1. The largest absolute Gasteiger partial charge is 0.478 e. The number of hydrogen-bond donors (Lipinski definition) is 2. The van der Waals surface area contributed by atoms with Crippen molar-refractivity contribution >= 4 is 5.97 Å². The van der Waals surface area contributed by atoms with Gasteiger partial charge in [0.25, 0.3) is 0 Å². The van der Waals surface area contributed by atoms with Crippen molar-refractivity contribution in [2.75, 3.05) is 20.6 Å². The number of nitrogens with zero attached hydrogens (tertiary/aromatic N) is 1. The molecule has 5 heteroatoms. The summed E-state index contributed by atoms with van der Waals surface area (Å²) in [7, 11) is 4.00. The lowest BCUT2D eigenvalue weighted by atomic mass is 10.0. The van der Waals surface area contributed by atoms with E-state index < -0.39 is 5.97 Å². The van der Waals surface area contributed by atoms with Gasteiger partial charge in [0.05, 0.1) is 5.56 Å². The second kappa shape index (κ2) is 8.10. The van der Waals surface area contributed by atoms with E-state index in [0.717, 1.165) is 13.0 Å². The van der Waals surface area contributed by atoms with E-state index in [1.165, 1.54) is 18.2 Å². The highest BCUT2D eigenvalue weighted by Gasteiger charge is 2.14. The van der Waals surface area contributed by atoms with Crippen LogP contribution in [0.5, 0.6) is 0 Å². The topological polar surface area (TPSA) is 52.6 Å². The van der Waals surface area contributed by atoms with E-state index in [-0.39, 0.29) is 17.4 Å². The van der Waals surface area contributed by atoms with Crippen molar-refractivity contribution in [1.82, 2.24) is 10.2 Å². The molecule has 0 fully saturated rings. The molecule has 4 nitrogen and oxygen atoms in total. The van der Waals surface area contributed by atoms with E-state index in [0.29, 0.717) is 18.0 Å². The number of carboxylic acid groups (broad SMARTS) is 1. The average Bonchev–Trinajstić information content (AvgIpc) is 2.35. The molecule has 2 N–H and O–H groups in total.